The van der Waals surface area contributed by atoms with Crippen molar-refractivity contribution in [2.75, 3.05) is 5.32 Å². The normalized spacial score (nSPS) is 10.9. The fourth-order valence-corrected chi connectivity index (χ4v) is 4.00. The van der Waals surface area contributed by atoms with Crippen LogP contribution in [0.1, 0.15) is 26.6 Å². The topological polar surface area (TPSA) is 68.0 Å². The van der Waals surface area contributed by atoms with Crippen LogP contribution in [0.4, 0.5) is 9.52 Å². The highest BCUT2D eigenvalue weighted by atomic mass is 35.5. The summed E-state index contributed by atoms with van der Waals surface area (Å²) in [6, 6.07) is 13.5. The van der Waals surface area contributed by atoms with Gasteiger partial charge in [-0.05, 0) is 30.7 Å². The number of amides is 1. The number of aryl methyl sites for hydroxylation is 1. The number of nitrogens with zero attached hydrogens (tertiary/aromatic N) is 2. The summed E-state index contributed by atoms with van der Waals surface area (Å²) in [4.78, 5) is 18.0. The number of carbonyl (C=O) groups excluding carboxylic acids is 1. The Morgan fingerprint density at radius 1 is 1.24 bits per heavy atom. The molecule has 4 aromatic rings. The number of aromatic nitrogens is 2. The van der Waals surface area contributed by atoms with Crippen LogP contribution in [0, 0.1) is 12.7 Å². The number of hydrogen-bond donors (Lipinski definition) is 1. The molecule has 0 saturated carbocycles. The lowest BCUT2D eigenvalue weighted by Crippen LogP contribution is -2.13. The molecule has 5 nitrogen and oxygen atoms in total. The largest absolute Gasteiger partial charge is 0.360 e. The molecule has 0 bridgehead atoms. The van der Waals surface area contributed by atoms with Gasteiger partial charge in [0.25, 0.3) is 5.91 Å². The van der Waals surface area contributed by atoms with Gasteiger partial charge >= 0.3 is 0 Å². The van der Waals surface area contributed by atoms with Crippen molar-refractivity contribution in [3.05, 3.63) is 87.3 Å². The lowest BCUT2D eigenvalue weighted by Gasteiger charge is -2.04. The van der Waals surface area contributed by atoms with Crippen molar-refractivity contribution in [3.8, 4) is 11.3 Å². The van der Waals surface area contributed by atoms with Crippen molar-refractivity contribution in [1.29, 1.82) is 0 Å². The average Bonchev–Trinajstić information content (AvgIpc) is 3.28. The molecule has 0 fully saturated rings. The van der Waals surface area contributed by atoms with E-state index in [1.54, 1.807) is 37.4 Å². The quantitative estimate of drug-likeness (QED) is 0.440. The third kappa shape index (κ3) is 4.21. The van der Waals surface area contributed by atoms with Gasteiger partial charge < -0.3 is 4.52 Å². The Balaban J connectivity index is 1.55. The monoisotopic (exact) mass is 427 g/mol. The van der Waals surface area contributed by atoms with E-state index < -0.39 is 0 Å². The molecule has 146 valence electrons. The summed E-state index contributed by atoms with van der Waals surface area (Å²) in [5, 5.41) is 7.70. The molecule has 1 amide bonds. The summed E-state index contributed by atoms with van der Waals surface area (Å²) in [7, 11) is 0. The maximum Gasteiger partial charge on any atom is 0.263 e. The highest BCUT2D eigenvalue weighted by molar-refractivity contribution is 7.15. The molecule has 0 aliphatic heterocycles. The predicted octanol–water partition coefficient (Wildman–Crippen LogP) is 5.74. The number of halogens is 2. The SMILES string of the molecule is Cc1onc(-c2ccccc2Cl)c1C(=O)Nc1ncc(Cc2cccc(F)c2)s1. The molecule has 0 radical (unpaired) electrons. The summed E-state index contributed by atoms with van der Waals surface area (Å²) in [5.41, 5.74) is 2.13. The smallest absolute Gasteiger partial charge is 0.263 e. The molecule has 2 aromatic carbocycles. The molecule has 0 spiro atoms. The van der Waals surface area contributed by atoms with Gasteiger partial charge in [-0.25, -0.2) is 9.37 Å². The van der Waals surface area contributed by atoms with Crippen LogP contribution in [0.15, 0.2) is 59.3 Å². The first-order valence-electron chi connectivity index (χ1n) is 8.73. The summed E-state index contributed by atoms with van der Waals surface area (Å²) in [5.74, 6) is -0.283. The van der Waals surface area contributed by atoms with Crippen LogP contribution in [-0.4, -0.2) is 16.0 Å². The Hall–Kier alpha value is -3.03. The number of anilines is 1. The van der Waals surface area contributed by atoms with Gasteiger partial charge in [0.1, 0.15) is 22.8 Å². The van der Waals surface area contributed by atoms with Crippen LogP contribution in [-0.2, 0) is 6.42 Å². The summed E-state index contributed by atoms with van der Waals surface area (Å²) < 4.78 is 18.6. The van der Waals surface area contributed by atoms with Crippen molar-refractivity contribution in [2.24, 2.45) is 0 Å². The van der Waals surface area contributed by atoms with E-state index in [4.69, 9.17) is 16.1 Å². The zero-order valence-corrected chi connectivity index (χ0v) is 16.9. The number of benzene rings is 2. The molecule has 1 N–H and O–H groups in total. The molecule has 0 saturated heterocycles. The third-order valence-corrected chi connectivity index (χ3v) is 5.50. The van der Waals surface area contributed by atoms with Crippen LogP contribution >= 0.6 is 22.9 Å². The minimum atomic E-state index is -0.384. The molecular formula is C21H15ClFN3O2S. The highest BCUT2D eigenvalue weighted by Gasteiger charge is 2.23. The summed E-state index contributed by atoms with van der Waals surface area (Å²) in [6.07, 6.45) is 2.20. The van der Waals surface area contributed by atoms with Crippen LogP contribution in [0.3, 0.4) is 0 Å². The van der Waals surface area contributed by atoms with Gasteiger partial charge in [-0.1, -0.05) is 47.1 Å². The Kier molecular flexibility index (Phi) is 5.42. The van der Waals surface area contributed by atoms with Gasteiger partial charge in [-0.15, -0.1) is 11.3 Å². The second-order valence-electron chi connectivity index (χ2n) is 6.33. The van der Waals surface area contributed by atoms with Crippen molar-refractivity contribution < 1.29 is 13.7 Å². The van der Waals surface area contributed by atoms with Crippen LogP contribution in [0.25, 0.3) is 11.3 Å². The molecule has 4 rings (SSSR count). The van der Waals surface area contributed by atoms with Gasteiger partial charge in [-0.3, -0.25) is 10.1 Å². The van der Waals surface area contributed by atoms with Gasteiger partial charge in [0, 0.05) is 23.1 Å². The molecule has 8 heteroatoms. The first-order chi connectivity index (χ1) is 14.0. The van der Waals surface area contributed by atoms with Crippen molar-refractivity contribution in [2.45, 2.75) is 13.3 Å². The van der Waals surface area contributed by atoms with E-state index >= 15 is 0 Å². The first-order valence-corrected chi connectivity index (χ1v) is 9.92. The van der Waals surface area contributed by atoms with E-state index in [9.17, 15) is 9.18 Å². The Bertz CT molecular complexity index is 1190. The van der Waals surface area contributed by atoms with Crippen LogP contribution < -0.4 is 5.32 Å². The fourth-order valence-electron chi connectivity index (χ4n) is 2.93. The lowest BCUT2D eigenvalue weighted by molar-refractivity contribution is 0.102. The molecule has 0 atom stereocenters. The van der Waals surface area contributed by atoms with E-state index in [2.05, 4.69) is 15.5 Å². The fraction of sp³-hybridized carbons (Fsp3) is 0.0952. The maximum absolute atomic E-state index is 13.4. The second-order valence-corrected chi connectivity index (χ2v) is 7.86. The zero-order valence-electron chi connectivity index (χ0n) is 15.3. The second kappa shape index (κ2) is 8.14. The zero-order chi connectivity index (χ0) is 20.4. The highest BCUT2D eigenvalue weighted by Crippen LogP contribution is 2.32. The minimum Gasteiger partial charge on any atom is -0.360 e. The molecule has 0 aliphatic rings. The van der Waals surface area contributed by atoms with Gasteiger partial charge in [0.05, 0.1) is 5.02 Å². The molecule has 0 unspecified atom stereocenters. The molecule has 0 aliphatic carbocycles. The number of nitrogens with one attached hydrogen (secondary N) is 1. The van der Waals surface area contributed by atoms with Gasteiger partial charge in [0.15, 0.2) is 5.13 Å². The molecule has 2 aromatic heterocycles. The Morgan fingerprint density at radius 3 is 2.86 bits per heavy atom. The predicted molar refractivity (Wildman–Crippen MR) is 111 cm³/mol. The number of hydrogen-bond acceptors (Lipinski definition) is 5. The van der Waals surface area contributed by atoms with Crippen molar-refractivity contribution in [1.82, 2.24) is 10.1 Å². The maximum atomic E-state index is 13.4. The number of rotatable bonds is 5. The first kappa shape index (κ1) is 19.3. The van der Waals surface area contributed by atoms with E-state index in [1.165, 1.54) is 23.5 Å². The number of carbonyl (C=O) groups is 1. The Labute approximate surface area is 175 Å². The molecule has 29 heavy (non-hydrogen) atoms. The van der Waals surface area contributed by atoms with E-state index in [1.807, 2.05) is 12.1 Å². The number of thiazole rings is 1. The van der Waals surface area contributed by atoms with E-state index in [0.29, 0.717) is 39.2 Å². The Morgan fingerprint density at radius 2 is 2.07 bits per heavy atom. The lowest BCUT2D eigenvalue weighted by atomic mass is 10.1. The van der Waals surface area contributed by atoms with Crippen LogP contribution in [0.2, 0.25) is 5.02 Å². The average molecular weight is 428 g/mol. The van der Waals surface area contributed by atoms with Crippen molar-refractivity contribution >= 4 is 34.0 Å². The van der Waals surface area contributed by atoms with E-state index in [0.717, 1.165) is 10.4 Å². The van der Waals surface area contributed by atoms with Gasteiger partial charge in [0.2, 0.25) is 0 Å². The summed E-state index contributed by atoms with van der Waals surface area (Å²) >= 11 is 7.57. The van der Waals surface area contributed by atoms with E-state index in [-0.39, 0.29) is 11.7 Å². The molecular weight excluding hydrogens is 413 g/mol. The summed E-state index contributed by atoms with van der Waals surface area (Å²) in [6.45, 7) is 1.67. The standard InChI is InChI=1S/C21H15ClFN3O2S/c1-12-18(19(26-28-12)16-7-2-3-8-17(16)22)20(27)25-21-24-11-15(29-21)10-13-5-4-6-14(23)9-13/h2-9,11H,10H2,1H3,(H,24,25,27). The van der Waals surface area contributed by atoms with Crippen molar-refractivity contribution in [3.63, 3.8) is 0 Å². The third-order valence-electron chi connectivity index (χ3n) is 4.26. The van der Waals surface area contributed by atoms with Crippen LogP contribution in [0.5, 0.6) is 0 Å². The van der Waals surface area contributed by atoms with Gasteiger partial charge in [-0.2, -0.15) is 0 Å². The molecule has 2 heterocycles. The minimum absolute atomic E-state index is 0.282.